The Hall–Kier alpha value is -1.07. The molecule has 0 aliphatic rings. The number of rotatable bonds is 5. The van der Waals surface area contributed by atoms with Gasteiger partial charge in [-0.05, 0) is 12.8 Å². The molecule has 0 atom stereocenters. The molecule has 0 amide bonds. The van der Waals surface area contributed by atoms with E-state index < -0.39 is 0 Å². The fourth-order valence-electron chi connectivity index (χ4n) is 1.41. The Labute approximate surface area is 106 Å². The molecule has 6 heteroatoms. The predicted molar refractivity (Wildman–Crippen MR) is 70.5 cm³/mol. The van der Waals surface area contributed by atoms with Gasteiger partial charge in [0.25, 0.3) is 5.56 Å². The monoisotopic (exact) mass is 258 g/mol. The Balaban J connectivity index is 2.84. The molecular formula is C11H19ClN4O. The van der Waals surface area contributed by atoms with Gasteiger partial charge in [0.1, 0.15) is 5.02 Å². The standard InChI is InChI=1S/C11H19ClN4O/c1-4-11(13,5-2)7-14-8-6-15-16(3)10(17)9(8)12/h6,14H,4-5,7,13H2,1-3H3. The molecule has 1 rings (SSSR count). The molecule has 0 spiro atoms. The molecule has 0 aliphatic carbocycles. The summed E-state index contributed by atoms with van der Waals surface area (Å²) in [5.41, 5.74) is 6.09. The maximum Gasteiger partial charge on any atom is 0.287 e. The van der Waals surface area contributed by atoms with Gasteiger partial charge in [0.15, 0.2) is 0 Å². The lowest BCUT2D eigenvalue weighted by molar-refractivity contribution is 0.418. The third-order valence-electron chi connectivity index (χ3n) is 3.12. The second-order valence-electron chi connectivity index (χ2n) is 4.22. The van der Waals surface area contributed by atoms with Crippen LogP contribution >= 0.6 is 11.6 Å². The van der Waals surface area contributed by atoms with Crippen LogP contribution in [0.4, 0.5) is 5.69 Å². The van der Waals surface area contributed by atoms with Crippen molar-refractivity contribution in [3.8, 4) is 0 Å². The Bertz CT molecular complexity index is 440. The largest absolute Gasteiger partial charge is 0.381 e. The summed E-state index contributed by atoms with van der Waals surface area (Å²) in [6, 6.07) is 0. The molecule has 5 nitrogen and oxygen atoms in total. The Morgan fingerprint density at radius 2 is 2.12 bits per heavy atom. The third-order valence-corrected chi connectivity index (χ3v) is 3.48. The van der Waals surface area contributed by atoms with Crippen molar-refractivity contribution in [1.82, 2.24) is 9.78 Å². The van der Waals surface area contributed by atoms with Gasteiger partial charge < -0.3 is 11.1 Å². The van der Waals surface area contributed by atoms with Gasteiger partial charge in [0.05, 0.1) is 11.9 Å². The van der Waals surface area contributed by atoms with E-state index in [0.29, 0.717) is 12.2 Å². The fraction of sp³-hybridized carbons (Fsp3) is 0.636. The highest BCUT2D eigenvalue weighted by Crippen LogP contribution is 2.18. The van der Waals surface area contributed by atoms with E-state index in [4.69, 9.17) is 17.3 Å². The molecular weight excluding hydrogens is 240 g/mol. The SMILES string of the molecule is CCC(N)(CC)CNc1cnn(C)c(=O)c1Cl. The predicted octanol–water partition coefficient (Wildman–Crippen LogP) is 1.36. The van der Waals surface area contributed by atoms with E-state index in [0.717, 1.165) is 12.8 Å². The van der Waals surface area contributed by atoms with Gasteiger partial charge in [0, 0.05) is 19.1 Å². The zero-order valence-electron chi connectivity index (χ0n) is 10.5. The number of halogens is 1. The third kappa shape index (κ3) is 3.20. The van der Waals surface area contributed by atoms with Crippen molar-refractivity contribution in [1.29, 1.82) is 0 Å². The van der Waals surface area contributed by atoms with Crippen molar-refractivity contribution in [2.45, 2.75) is 32.2 Å². The minimum Gasteiger partial charge on any atom is -0.381 e. The van der Waals surface area contributed by atoms with Crippen LogP contribution in [0.2, 0.25) is 5.02 Å². The van der Waals surface area contributed by atoms with Crippen LogP contribution in [-0.2, 0) is 7.05 Å². The number of hydrogen-bond acceptors (Lipinski definition) is 4. The number of aryl methyl sites for hydroxylation is 1. The molecule has 0 saturated heterocycles. The maximum absolute atomic E-state index is 11.6. The molecule has 0 aromatic carbocycles. The quantitative estimate of drug-likeness (QED) is 0.837. The molecule has 0 fully saturated rings. The summed E-state index contributed by atoms with van der Waals surface area (Å²) in [5.74, 6) is 0. The van der Waals surface area contributed by atoms with Crippen LogP contribution in [0.25, 0.3) is 0 Å². The molecule has 17 heavy (non-hydrogen) atoms. The van der Waals surface area contributed by atoms with E-state index >= 15 is 0 Å². The highest BCUT2D eigenvalue weighted by Gasteiger charge is 2.20. The summed E-state index contributed by atoms with van der Waals surface area (Å²) in [7, 11) is 1.56. The van der Waals surface area contributed by atoms with E-state index in [1.165, 1.54) is 10.9 Å². The van der Waals surface area contributed by atoms with Gasteiger partial charge in [-0.15, -0.1) is 0 Å². The number of nitrogens with zero attached hydrogens (tertiary/aromatic N) is 2. The summed E-state index contributed by atoms with van der Waals surface area (Å²) in [6.45, 7) is 4.64. The summed E-state index contributed by atoms with van der Waals surface area (Å²) >= 11 is 5.94. The van der Waals surface area contributed by atoms with E-state index in [1.54, 1.807) is 7.05 Å². The molecule has 0 saturated carbocycles. The Morgan fingerprint density at radius 3 is 2.65 bits per heavy atom. The van der Waals surface area contributed by atoms with Gasteiger partial charge in [-0.25, -0.2) is 4.68 Å². The van der Waals surface area contributed by atoms with E-state index in [2.05, 4.69) is 10.4 Å². The number of nitrogens with two attached hydrogens (primary N) is 1. The lowest BCUT2D eigenvalue weighted by Gasteiger charge is -2.27. The first kappa shape index (κ1) is 14.0. The zero-order valence-corrected chi connectivity index (χ0v) is 11.2. The second kappa shape index (κ2) is 5.51. The summed E-state index contributed by atoms with van der Waals surface area (Å²) in [6.07, 6.45) is 3.24. The van der Waals surface area contributed by atoms with Crippen LogP contribution in [0.5, 0.6) is 0 Å². The second-order valence-corrected chi connectivity index (χ2v) is 4.60. The molecule has 0 bridgehead atoms. The van der Waals surface area contributed by atoms with Gasteiger partial charge in [0.2, 0.25) is 0 Å². The summed E-state index contributed by atoms with van der Waals surface area (Å²) in [4.78, 5) is 11.6. The van der Waals surface area contributed by atoms with E-state index in [9.17, 15) is 4.79 Å². The van der Waals surface area contributed by atoms with Crippen molar-refractivity contribution in [3.05, 3.63) is 21.6 Å². The highest BCUT2D eigenvalue weighted by atomic mass is 35.5. The smallest absolute Gasteiger partial charge is 0.287 e. The number of hydrogen-bond donors (Lipinski definition) is 2. The summed E-state index contributed by atoms with van der Waals surface area (Å²) in [5, 5.41) is 7.15. The molecule has 1 aromatic rings. The van der Waals surface area contributed by atoms with Crippen molar-refractivity contribution >= 4 is 17.3 Å². The van der Waals surface area contributed by atoms with Gasteiger partial charge >= 0.3 is 0 Å². The first-order chi connectivity index (χ1) is 7.93. The van der Waals surface area contributed by atoms with Crippen LogP contribution < -0.4 is 16.6 Å². The topological polar surface area (TPSA) is 72.9 Å². The van der Waals surface area contributed by atoms with Crippen molar-refractivity contribution in [2.75, 3.05) is 11.9 Å². The molecule has 0 unspecified atom stereocenters. The molecule has 0 aliphatic heterocycles. The molecule has 96 valence electrons. The van der Waals surface area contributed by atoms with Crippen LogP contribution in [0.3, 0.4) is 0 Å². The van der Waals surface area contributed by atoms with Crippen LogP contribution in [0.15, 0.2) is 11.0 Å². The number of nitrogens with one attached hydrogen (secondary N) is 1. The average Bonchev–Trinajstić information content (AvgIpc) is 2.35. The van der Waals surface area contributed by atoms with E-state index in [-0.39, 0.29) is 16.1 Å². The van der Waals surface area contributed by atoms with Crippen LogP contribution in [0, 0.1) is 0 Å². The lowest BCUT2D eigenvalue weighted by Crippen LogP contribution is -2.45. The first-order valence-electron chi connectivity index (χ1n) is 5.68. The Morgan fingerprint density at radius 1 is 1.53 bits per heavy atom. The van der Waals surface area contributed by atoms with Crippen molar-refractivity contribution in [3.63, 3.8) is 0 Å². The fourth-order valence-corrected chi connectivity index (χ4v) is 1.64. The zero-order chi connectivity index (χ0) is 13.1. The highest BCUT2D eigenvalue weighted by molar-refractivity contribution is 6.32. The molecule has 1 heterocycles. The lowest BCUT2D eigenvalue weighted by atomic mass is 9.94. The Kier molecular flexibility index (Phi) is 4.54. The molecule has 0 radical (unpaired) electrons. The number of anilines is 1. The molecule has 3 N–H and O–H groups in total. The van der Waals surface area contributed by atoms with E-state index in [1.807, 2.05) is 13.8 Å². The molecule has 1 aromatic heterocycles. The minimum atomic E-state index is -0.313. The minimum absolute atomic E-state index is 0.150. The van der Waals surface area contributed by atoms with Gasteiger partial charge in [-0.3, -0.25) is 4.79 Å². The number of aromatic nitrogens is 2. The van der Waals surface area contributed by atoms with Crippen LogP contribution in [0.1, 0.15) is 26.7 Å². The first-order valence-corrected chi connectivity index (χ1v) is 6.06. The average molecular weight is 259 g/mol. The van der Waals surface area contributed by atoms with Gasteiger partial charge in [-0.1, -0.05) is 25.4 Å². The van der Waals surface area contributed by atoms with Crippen LogP contribution in [-0.4, -0.2) is 21.9 Å². The summed E-state index contributed by atoms with van der Waals surface area (Å²) < 4.78 is 1.20. The maximum atomic E-state index is 11.6. The van der Waals surface area contributed by atoms with Crippen molar-refractivity contribution in [2.24, 2.45) is 12.8 Å². The van der Waals surface area contributed by atoms with Gasteiger partial charge in [-0.2, -0.15) is 5.10 Å². The van der Waals surface area contributed by atoms with Crippen molar-refractivity contribution < 1.29 is 0 Å². The normalized spacial score (nSPS) is 11.6.